The van der Waals surface area contributed by atoms with Gasteiger partial charge in [-0.3, -0.25) is 0 Å². The maximum Gasteiger partial charge on any atom is 0.00978 e. The monoisotopic (exact) mass is 253 g/mol. The van der Waals surface area contributed by atoms with Gasteiger partial charge in [-0.1, -0.05) is 65.7 Å². The lowest BCUT2D eigenvalue weighted by molar-refractivity contribution is 0.243. The Kier molecular flexibility index (Phi) is 8.75. The Bertz CT molecular complexity index is 178. The number of hydrogen-bond donors (Lipinski definition) is 1. The van der Waals surface area contributed by atoms with Crippen LogP contribution in [0.1, 0.15) is 85.0 Å². The van der Waals surface area contributed by atoms with E-state index in [9.17, 15) is 0 Å². The Morgan fingerprint density at radius 3 is 1.94 bits per heavy atom. The molecule has 1 unspecified atom stereocenters. The highest BCUT2D eigenvalue weighted by Gasteiger charge is 2.23. The summed E-state index contributed by atoms with van der Waals surface area (Å²) in [6.45, 7) is 8.12. The number of hydrogen-bond acceptors (Lipinski definition) is 1. The second kappa shape index (κ2) is 9.83. The van der Waals surface area contributed by atoms with E-state index in [-0.39, 0.29) is 0 Å². The van der Waals surface area contributed by atoms with Crippen molar-refractivity contribution in [3.05, 3.63) is 0 Å². The van der Waals surface area contributed by atoms with Gasteiger partial charge in [0.1, 0.15) is 0 Å². The van der Waals surface area contributed by atoms with Crippen molar-refractivity contribution >= 4 is 0 Å². The van der Waals surface area contributed by atoms with Crippen molar-refractivity contribution in [2.45, 2.75) is 91.0 Å². The standard InChI is InChI=1S/C17H35N/c1-4-15(5-2)14-17(18-6-3)16-12-10-8-7-9-11-13-16/h15-18H,4-14H2,1-3H3. The third kappa shape index (κ3) is 5.73. The molecule has 0 aromatic rings. The predicted molar refractivity (Wildman–Crippen MR) is 82.0 cm³/mol. The fraction of sp³-hybridized carbons (Fsp3) is 1.00. The molecule has 0 aromatic heterocycles. The lowest BCUT2D eigenvalue weighted by atomic mass is 9.81. The first-order valence-corrected chi connectivity index (χ1v) is 8.55. The van der Waals surface area contributed by atoms with Gasteiger partial charge < -0.3 is 5.32 Å². The summed E-state index contributed by atoms with van der Waals surface area (Å²) in [7, 11) is 0. The molecule has 1 N–H and O–H groups in total. The summed E-state index contributed by atoms with van der Waals surface area (Å²) in [4.78, 5) is 0. The first-order chi connectivity index (χ1) is 8.81. The molecule has 0 bridgehead atoms. The Morgan fingerprint density at radius 2 is 1.44 bits per heavy atom. The molecule has 0 amide bonds. The van der Waals surface area contributed by atoms with Crippen molar-refractivity contribution in [1.82, 2.24) is 5.32 Å². The third-order valence-corrected chi connectivity index (χ3v) is 4.93. The summed E-state index contributed by atoms with van der Waals surface area (Å²) in [5.74, 6) is 1.88. The van der Waals surface area contributed by atoms with E-state index in [1.165, 1.54) is 64.2 Å². The van der Waals surface area contributed by atoms with E-state index in [2.05, 4.69) is 26.1 Å². The van der Waals surface area contributed by atoms with Gasteiger partial charge in [0.15, 0.2) is 0 Å². The molecule has 1 fully saturated rings. The van der Waals surface area contributed by atoms with Crippen LogP contribution in [0.2, 0.25) is 0 Å². The maximum atomic E-state index is 3.80. The van der Waals surface area contributed by atoms with Gasteiger partial charge in [0.2, 0.25) is 0 Å². The van der Waals surface area contributed by atoms with Crippen LogP contribution in [-0.4, -0.2) is 12.6 Å². The van der Waals surface area contributed by atoms with E-state index in [1.807, 2.05) is 0 Å². The van der Waals surface area contributed by atoms with Crippen LogP contribution in [-0.2, 0) is 0 Å². The Hall–Kier alpha value is -0.0400. The number of rotatable bonds is 7. The summed E-state index contributed by atoms with van der Waals surface area (Å²) < 4.78 is 0. The molecule has 1 aliphatic rings. The van der Waals surface area contributed by atoms with Crippen molar-refractivity contribution in [3.63, 3.8) is 0 Å². The second-order valence-electron chi connectivity index (χ2n) is 6.19. The van der Waals surface area contributed by atoms with E-state index in [0.29, 0.717) is 0 Å². The topological polar surface area (TPSA) is 12.0 Å². The quantitative estimate of drug-likeness (QED) is 0.661. The maximum absolute atomic E-state index is 3.80. The summed E-state index contributed by atoms with van der Waals surface area (Å²) in [6.07, 6.45) is 14.4. The first kappa shape index (κ1) is 16.0. The Balaban J connectivity index is 2.51. The highest BCUT2D eigenvalue weighted by atomic mass is 14.9. The highest BCUT2D eigenvalue weighted by Crippen LogP contribution is 2.29. The smallest absolute Gasteiger partial charge is 0.00978 e. The minimum atomic E-state index is 0.790. The van der Waals surface area contributed by atoms with Crippen LogP contribution >= 0.6 is 0 Å². The minimum absolute atomic E-state index is 0.790. The van der Waals surface area contributed by atoms with Gasteiger partial charge in [0.25, 0.3) is 0 Å². The van der Waals surface area contributed by atoms with Crippen LogP contribution in [0.4, 0.5) is 0 Å². The summed E-state index contributed by atoms with van der Waals surface area (Å²) >= 11 is 0. The lowest BCUT2D eigenvalue weighted by Gasteiger charge is -2.32. The zero-order chi connectivity index (χ0) is 13.2. The molecule has 0 heterocycles. The SMILES string of the molecule is CCNC(CC(CC)CC)C1CCCCCCC1. The zero-order valence-corrected chi connectivity index (χ0v) is 13.0. The van der Waals surface area contributed by atoms with Crippen molar-refractivity contribution in [1.29, 1.82) is 0 Å². The molecule has 1 nitrogen and oxygen atoms in total. The summed E-state index contributed by atoms with van der Waals surface area (Å²) in [5.41, 5.74) is 0. The molecular weight excluding hydrogens is 218 g/mol. The normalized spacial score (nSPS) is 20.7. The average molecular weight is 253 g/mol. The van der Waals surface area contributed by atoms with Gasteiger partial charge in [-0.2, -0.15) is 0 Å². The van der Waals surface area contributed by atoms with Crippen LogP contribution in [0.3, 0.4) is 0 Å². The second-order valence-corrected chi connectivity index (χ2v) is 6.19. The largest absolute Gasteiger partial charge is 0.314 e. The molecule has 108 valence electrons. The number of nitrogens with one attached hydrogen (secondary N) is 1. The van der Waals surface area contributed by atoms with Crippen LogP contribution in [0.25, 0.3) is 0 Å². The molecule has 1 atom stereocenters. The molecule has 0 spiro atoms. The van der Waals surface area contributed by atoms with Gasteiger partial charge >= 0.3 is 0 Å². The fourth-order valence-corrected chi connectivity index (χ4v) is 3.58. The highest BCUT2D eigenvalue weighted by molar-refractivity contribution is 4.79. The molecule has 0 saturated heterocycles. The van der Waals surface area contributed by atoms with Crippen molar-refractivity contribution in [3.8, 4) is 0 Å². The van der Waals surface area contributed by atoms with Gasteiger partial charge in [-0.15, -0.1) is 0 Å². The van der Waals surface area contributed by atoms with Crippen LogP contribution in [0, 0.1) is 11.8 Å². The fourth-order valence-electron chi connectivity index (χ4n) is 3.58. The average Bonchev–Trinajstić information content (AvgIpc) is 2.34. The van der Waals surface area contributed by atoms with E-state index in [1.54, 1.807) is 0 Å². The third-order valence-electron chi connectivity index (χ3n) is 4.93. The van der Waals surface area contributed by atoms with Gasteiger partial charge in [-0.05, 0) is 37.6 Å². The van der Waals surface area contributed by atoms with Crippen molar-refractivity contribution < 1.29 is 0 Å². The lowest BCUT2D eigenvalue weighted by Crippen LogP contribution is -2.38. The molecule has 0 aromatic carbocycles. The van der Waals surface area contributed by atoms with E-state index in [4.69, 9.17) is 0 Å². The first-order valence-electron chi connectivity index (χ1n) is 8.55. The van der Waals surface area contributed by atoms with Gasteiger partial charge in [-0.25, -0.2) is 0 Å². The predicted octanol–water partition coefficient (Wildman–Crippen LogP) is 5.15. The van der Waals surface area contributed by atoms with E-state index >= 15 is 0 Å². The molecule has 1 aliphatic carbocycles. The van der Waals surface area contributed by atoms with Crippen LogP contribution in [0.5, 0.6) is 0 Å². The molecule has 1 rings (SSSR count). The molecule has 1 saturated carbocycles. The van der Waals surface area contributed by atoms with Crippen molar-refractivity contribution in [2.24, 2.45) is 11.8 Å². The van der Waals surface area contributed by atoms with Crippen LogP contribution < -0.4 is 5.32 Å². The molecule has 0 radical (unpaired) electrons. The molecule has 18 heavy (non-hydrogen) atoms. The van der Waals surface area contributed by atoms with Crippen molar-refractivity contribution in [2.75, 3.05) is 6.54 Å². The van der Waals surface area contributed by atoms with Gasteiger partial charge in [0, 0.05) is 6.04 Å². The van der Waals surface area contributed by atoms with Gasteiger partial charge in [0.05, 0.1) is 0 Å². The molecular formula is C17H35N. The Morgan fingerprint density at radius 1 is 0.889 bits per heavy atom. The minimum Gasteiger partial charge on any atom is -0.314 e. The summed E-state index contributed by atoms with van der Waals surface area (Å²) in [5, 5.41) is 3.80. The van der Waals surface area contributed by atoms with Crippen LogP contribution in [0.15, 0.2) is 0 Å². The van der Waals surface area contributed by atoms with E-state index < -0.39 is 0 Å². The Labute approximate surface area is 115 Å². The van der Waals surface area contributed by atoms with E-state index in [0.717, 1.165) is 24.4 Å². The summed E-state index contributed by atoms with van der Waals surface area (Å²) in [6, 6.07) is 0.790. The molecule has 1 heteroatoms. The zero-order valence-electron chi connectivity index (χ0n) is 13.0. The molecule has 0 aliphatic heterocycles.